The Labute approximate surface area is 112 Å². The Bertz CT molecular complexity index is 552. The molecule has 0 fully saturated rings. The van der Waals surface area contributed by atoms with Gasteiger partial charge in [0.2, 0.25) is 0 Å². The van der Waals surface area contributed by atoms with Crippen molar-refractivity contribution >= 4 is 17.6 Å². The summed E-state index contributed by atoms with van der Waals surface area (Å²) in [4.78, 5) is 9.61. The Kier molecular flexibility index (Phi) is 3.87. The molecule has 2 N–H and O–H groups in total. The third-order valence-corrected chi connectivity index (χ3v) is 3.67. The molecule has 2 aromatic rings. The molecule has 1 heterocycles. The zero-order valence-electron chi connectivity index (χ0n) is 10.8. The molecule has 0 amide bonds. The molecule has 0 aliphatic carbocycles. The molecule has 0 saturated heterocycles. The summed E-state index contributed by atoms with van der Waals surface area (Å²) in [6, 6.07) is 8.37. The molecule has 1 aromatic heterocycles. The van der Waals surface area contributed by atoms with Crippen LogP contribution in [0.15, 0.2) is 40.5 Å². The summed E-state index contributed by atoms with van der Waals surface area (Å²) in [6.07, 6.45) is 1.53. The van der Waals surface area contributed by atoms with Crippen molar-refractivity contribution in [3.63, 3.8) is 0 Å². The lowest BCUT2D eigenvalue weighted by Crippen LogP contribution is -2.03. The molecule has 0 bridgehead atoms. The highest BCUT2D eigenvalue weighted by molar-refractivity contribution is 7.99. The van der Waals surface area contributed by atoms with E-state index in [0.29, 0.717) is 11.7 Å². The van der Waals surface area contributed by atoms with Gasteiger partial charge in [0.05, 0.1) is 0 Å². The van der Waals surface area contributed by atoms with E-state index in [4.69, 9.17) is 5.73 Å². The highest BCUT2D eigenvalue weighted by Crippen LogP contribution is 2.34. The van der Waals surface area contributed by atoms with Crippen molar-refractivity contribution < 1.29 is 0 Å². The molecular formula is C14H17N3S. The van der Waals surface area contributed by atoms with Crippen molar-refractivity contribution in [1.29, 1.82) is 0 Å². The molecule has 0 aliphatic rings. The van der Waals surface area contributed by atoms with E-state index in [1.165, 1.54) is 16.8 Å². The SMILES string of the molecule is Cc1cccc(Sc2ncnc(N)c2C(C)C)c1. The quantitative estimate of drug-likeness (QED) is 0.855. The van der Waals surface area contributed by atoms with E-state index < -0.39 is 0 Å². The molecule has 0 spiro atoms. The normalized spacial score (nSPS) is 10.9. The number of aromatic nitrogens is 2. The lowest BCUT2D eigenvalue weighted by Gasteiger charge is -2.12. The number of anilines is 1. The number of rotatable bonds is 3. The minimum absolute atomic E-state index is 0.318. The predicted molar refractivity (Wildman–Crippen MR) is 75.8 cm³/mol. The number of benzene rings is 1. The van der Waals surface area contributed by atoms with Crippen molar-refractivity contribution in [3.05, 3.63) is 41.7 Å². The third-order valence-electron chi connectivity index (χ3n) is 2.66. The van der Waals surface area contributed by atoms with Gasteiger partial charge >= 0.3 is 0 Å². The fraction of sp³-hybridized carbons (Fsp3) is 0.286. The van der Waals surface area contributed by atoms with Crippen molar-refractivity contribution in [1.82, 2.24) is 9.97 Å². The molecular weight excluding hydrogens is 242 g/mol. The summed E-state index contributed by atoms with van der Waals surface area (Å²) >= 11 is 1.64. The van der Waals surface area contributed by atoms with Crippen LogP contribution in [0.1, 0.15) is 30.9 Å². The number of nitrogens with zero attached hydrogens (tertiary/aromatic N) is 2. The van der Waals surface area contributed by atoms with Gasteiger partial charge in [0.25, 0.3) is 0 Å². The first-order valence-corrected chi connectivity index (χ1v) is 6.74. The molecule has 0 saturated carbocycles. The average molecular weight is 259 g/mol. The Morgan fingerprint density at radius 2 is 2.00 bits per heavy atom. The van der Waals surface area contributed by atoms with Gasteiger partial charge in [-0.25, -0.2) is 9.97 Å². The maximum absolute atomic E-state index is 5.94. The van der Waals surface area contributed by atoms with Gasteiger partial charge in [-0.1, -0.05) is 43.3 Å². The molecule has 0 aliphatic heterocycles. The average Bonchev–Trinajstić information content (AvgIpc) is 2.28. The maximum atomic E-state index is 5.94. The van der Waals surface area contributed by atoms with Gasteiger partial charge in [0, 0.05) is 10.5 Å². The van der Waals surface area contributed by atoms with Crippen LogP contribution in [0.5, 0.6) is 0 Å². The third kappa shape index (κ3) is 2.82. The van der Waals surface area contributed by atoms with Crippen molar-refractivity contribution in [2.75, 3.05) is 5.73 Å². The van der Waals surface area contributed by atoms with E-state index in [0.717, 1.165) is 10.6 Å². The Balaban J connectivity index is 2.37. The van der Waals surface area contributed by atoms with E-state index in [1.54, 1.807) is 11.8 Å². The molecule has 0 unspecified atom stereocenters. The minimum atomic E-state index is 0.318. The van der Waals surface area contributed by atoms with E-state index >= 15 is 0 Å². The summed E-state index contributed by atoms with van der Waals surface area (Å²) in [5.41, 5.74) is 8.22. The number of hydrogen-bond donors (Lipinski definition) is 1. The second-order valence-corrected chi connectivity index (χ2v) is 5.61. The van der Waals surface area contributed by atoms with Crippen LogP contribution in [0.4, 0.5) is 5.82 Å². The lowest BCUT2D eigenvalue weighted by molar-refractivity contribution is 0.808. The fourth-order valence-electron chi connectivity index (χ4n) is 1.81. The van der Waals surface area contributed by atoms with Crippen molar-refractivity contribution in [2.24, 2.45) is 0 Å². The topological polar surface area (TPSA) is 51.8 Å². The number of aryl methyl sites for hydroxylation is 1. The second-order valence-electron chi connectivity index (χ2n) is 4.55. The van der Waals surface area contributed by atoms with E-state index in [2.05, 4.69) is 55.0 Å². The van der Waals surface area contributed by atoms with Crippen LogP contribution in [0, 0.1) is 6.92 Å². The predicted octanol–water partition coefficient (Wildman–Crippen LogP) is 3.64. The smallest absolute Gasteiger partial charge is 0.131 e. The van der Waals surface area contributed by atoms with Crippen LogP contribution >= 0.6 is 11.8 Å². The molecule has 1 aromatic carbocycles. The largest absolute Gasteiger partial charge is 0.383 e. The molecule has 18 heavy (non-hydrogen) atoms. The van der Waals surface area contributed by atoms with E-state index in [9.17, 15) is 0 Å². The summed E-state index contributed by atoms with van der Waals surface area (Å²) in [7, 11) is 0. The van der Waals surface area contributed by atoms with Gasteiger partial charge in [-0.2, -0.15) is 0 Å². The number of nitrogens with two attached hydrogens (primary N) is 1. The van der Waals surface area contributed by atoms with Crippen LogP contribution < -0.4 is 5.73 Å². The second kappa shape index (κ2) is 5.40. The van der Waals surface area contributed by atoms with Gasteiger partial charge in [-0.15, -0.1) is 0 Å². The fourth-order valence-corrected chi connectivity index (χ4v) is 2.97. The van der Waals surface area contributed by atoms with Gasteiger partial charge in [-0.3, -0.25) is 0 Å². The Morgan fingerprint density at radius 3 is 2.67 bits per heavy atom. The van der Waals surface area contributed by atoms with Crippen LogP contribution in [-0.2, 0) is 0 Å². The minimum Gasteiger partial charge on any atom is -0.383 e. The monoisotopic (exact) mass is 259 g/mol. The molecule has 2 rings (SSSR count). The molecule has 3 nitrogen and oxygen atoms in total. The van der Waals surface area contributed by atoms with Crippen LogP contribution in [0.2, 0.25) is 0 Å². The number of nitrogen functional groups attached to an aromatic ring is 1. The highest BCUT2D eigenvalue weighted by atomic mass is 32.2. The van der Waals surface area contributed by atoms with Crippen LogP contribution in [0.3, 0.4) is 0 Å². The van der Waals surface area contributed by atoms with Gasteiger partial charge in [0.1, 0.15) is 17.2 Å². The zero-order chi connectivity index (χ0) is 13.1. The molecule has 0 atom stereocenters. The maximum Gasteiger partial charge on any atom is 0.131 e. The molecule has 4 heteroatoms. The van der Waals surface area contributed by atoms with E-state index in [1.807, 2.05) is 0 Å². The summed E-state index contributed by atoms with van der Waals surface area (Å²) in [6.45, 7) is 6.30. The molecule has 94 valence electrons. The van der Waals surface area contributed by atoms with Gasteiger partial charge in [-0.05, 0) is 25.0 Å². The van der Waals surface area contributed by atoms with Gasteiger partial charge in [0.15, 0.2) is 0 Å². The van der Waals surface area contributed by atoms with Crippen molar-refractivity contribution in [3.8, 4) is 0 Å². The van der Waals surface area contributed by atoms with Gasteiger partial charge < -0.3 is 5.73 Å². The summed E-state index contributed by atoms with van der Waals surface area (Å²) in [5, 5.41) is 0.947. The number of hydrogen-bond acceptors (Lipinski definition) is 4. The Hall–Kier alpha value is -1.55. The first kappa shape index (κ1) is 12.9. The lowest BCUT2D eigenvalue weighted by atomic mass is 10.1. The molecule has 0 radical (unpaired) electrons. The Morgan fingerprint density at radius 1 is 1.22 bits per heavy atom. The standard InChI is InChI=1S/C14H17N3S/c1-9(2)12-13(15)16-8-17-14(12)18-11-6-4-5-10(3)7-11/h4-9H,1-3H3,(H2,15,16,17). The highest BCUT2D eigenvalue weighted by Gasteiger charge is 2.13. The zero-order valence-corrected chi connectivity index (χ0v) is 11.7. The summed E-state index contributed by atoms with van der Waals surface area (Å²) < 4.78 is 0. The first-order valence-electron chi connectivity index (χ1n) is 5.93. The van der Waals surface area contributed by atoms with E-state index in [-0.39, 0.29) is 0 Å². The van der Waals surface area contributed by atoms with Crippen LogP contribution in [-0.4, -0.2) is 9.97 Å². The van der Waals surface area contributed by atoms with Crippen molar-refractivity contribution in [2.45, 2.75) is 36.6 Å². The van der Waals surface area contributed by atoms with Crippen LogP contribution in [0.25, 0.3) is 0 Å². The first-order chi connectivity index (χ1) is 8.58. The summed E-state index contributed by atoms with van der Waals surface area (Å²) in [5.74, 6) is 0.897.